The van der Waals surface area contributed by atoms with Crippen molar-refractivity contribution >= 4 is 55.3 Å². The molecular formula is C43H66IN9O9. The van der Waals surface area contributed by atoms with Gasteiger partial charge in [-0.1, -0.05) is 30.4 Å². The summed E-state index contributed by atoms with van der Waals surface area (Å²) in [5.74, 6) is -1.65. The Bertz CT molecular complexity index is 1970. The molecule has 344 valence electrons. The van der Waals surface area contributed by atoms with Crippen LogP contribution in [0.3, 0.4) is 0 Å². The third-order valence-electron chi connectivity index (χ3n) is 11.1. The van der Waals surface area contributed by atoms with Crippen LogP contribution in [0.4, 0.5) is 9.59 Å². The monoisotopic (exact) mass is 979 g/mol. The van der Waals surface area contributed by atoms with Gasteiger partial charge in [0, 0.05) is 19.0 Å². The molecule has 1 saturated heterocycles. The number of nitrogens with zero attached hydrogens (tertiary/aromatic N) is 4. The summed E-state index contributed by atoms with van der Waals surface area (Å²) in [5.41, 5.74) is 6.52. The van der Waals surface area contributed by atoms with Crippen molar-refractivity contribution in [2.24, 2.45) is 23.5 Å². The first-order valence-corrected chi connectivity index (χ1v) is 25.4. The molecule has 1 saturated carbocycles. The molecule has 6 amide bonds. The minimum atomic E-state index is -4.65. The van der Waals surface area contributed by atoms with Crippen LogP contribution >= 0.6 is 19.4 Å². The fourth-order valence-corrected chi connectivity index (χ4v) is 9.31. The van der Waals surface area contributed by atoms with E-state index in [-0.39, 0.29) is 49.2 Å². The first-order valence-electron chi connectivity index (χ1n) is 21.5. The number of ether oxygens (including phenoxy) is 2. The van der Waals surface area contributed by atoms with Gasteiger partial charge in [0.1, 0.15) is 17.7 Å². The Labute approximate surface area is 369 Å². The van der Waals surface area contributed by atoms with Gasteiger partial charge in [0.2, 0.25) is 11.8 Å². The molecule has 1 aromatic heterocycles. The average Bonchev–Trinajstić information content (AvgIpc) is 3.68. The zero-order valence-corrected chi connectivity index (χ0v) is 39.1. The van der Waals surface area contributed by atoms with Crippen LogP contribution in [0.5, 0.6) is 6.01 Å². The molecule has 0 bridgehead atoms. The van der Waals surface area contributed by atoms with Crippen LogP contribution in [0, 0.1) is 17.8 Å². The number of urea groups is 1. The summed E-state index contributed by atoms with van der Waals surface area (Å²) in [4.78, 5) is 71.8. The van der Waals surface area contributed by atoms with E-state index in [2.05, 4.69) is 31.6 Å². The number of hydrogen-bond donors (Lipinski definition) is 6. The number of primary amides is 1. The summed E-state index contributed by atoms with van der Waals surface area (Å²) in [5, 5.41) is 8.77. The van der Waals surface area contributed by atoms with E-state index in [4.69, 9.17) is 20.2 Å². The van der Waals surface area contributed by atoms with Crippen molar-refractivity contribution in [1.29, 1.82) is 0 Å². The Balaban J connectivity index is 1.20. The van der Waals surface area contributed by atoms with Crippen molar-refractivity contribution in [3.63, 3.8) is 0 Å². The maximum Gasteiger partial charge on any atom is 0.408 e. The topological polar surface area (TPSA) is 240 Å². The van der Waals surface area contributed by atoms with Crippen LogP contribution in [-0.4, -0.2) is 102 Å². The van der Waals surface area contributed by atoms with Crippen molar-refractivity contribution in [2.45, 2.75) is 128 Å². The SMILES string of the molecule is CC(C)n1c(O[C@@H]2C[C@@H](C(N)=O)N(C(=O)[C@H](CCCCC/C=C\[C@@H]3C[C@@H]3C(=O)NI(=O)(O)N(C)C)NC(=O)OC(C)(C)C)C2)nc2c1C=CCC2NC(=O)NCC1C=CC=CC1. The minimum Gasteiger partial charge on any atom is -0.444 e. The van der Waals surface area contributed by atoms with Crippen LogP contribution < -0.4 is 30.0 Å². The molecule has 3 unspecified atom stereocenters. The second kappa shape index (κ2) is 21.2. The van der Waals surface area contributed by atoms with Gasteiger partial charge in [-0.3, -0.25) is 14.2 Å². The number of imidazole rings is 1. The maximum atomic E-state index is 14.3. The van der Waals surface area contributed by atoms with Crippen LogP contribution in [0.1, 0.15) is 116 Å². The predicted octanol–water partition coefficient (Wildman–Crippen LogP) is 5.03. The van der Waals surface area contributed by atoms with E-state index in [1.165, 1.54) is 19.0 Å². The third kappa shape index (κ3) is 13.4. The van der Waals surface area contributed by atoms with Gasteiger partial charge in [-0.05, 0) is 59.5 Å². The van der Waals surface area contributed by atoms with Gasteiger partial charge in [0.25, 0.3) is 6.01 Å². The molecule has 0 aromatic carbocycles. The number of allylic oxidation sites excluding steroid dienone is 5. The Morgan fingerprint density at radius 3 is 2.50 bits per heavy atom. The number of amides is 6. The number of carbonyl (C=O) groups is 5. The van der Waals surface area contributed by atoms with E-state index in [1.54, 1.807) is 20.8 Å². The zero-order valence-electron chi connectivity index (χ0n) is 37.0. The predicted molar refractivity (Wildman–Crippen MR) is 241 cm³/mol. The number of halogens is 1. The zero-order chi connectivity index (χ0) is 45.4. The molecule has 1 aromatic rings. The summed E-state index contributed by atoms with van der Waals surface area (Å²) < 4.78 is 39.6. The molecule has 19 heteroatoms. The quantitative estimate of drug-likeness (QED) is 0.0466. The minimum absolute atomic E-state index is 0.0207. The van der Waals surface area contributed by atoms with Gasteiger partial charge in [-0.15, -0.1) is 0 Å². The molecular weight excluding hydrogens is 913 g/mol. The molecule has 2 heterocycles. The molecule has 5 rings (SSSR count). The van der Waals surface area contributed by atoms with Crippen LogP contribution in [0.25, 0.3) is 6.08 Å². The van der Waals surface area contributed by atoms with Gasteiger partial charge in [0.15, 0.2) is 0 Å². The standard InChI is InChI=1S/C43H66IN9O9/c1-27(2)53-34-22-16-21-32(47-40(57)46-25-28-17-12-11-13-18-28)36(34)49-41(53)61-30-24-35(37(45)54)52(26-30)39(56)33(48-42(58)62-43(3,4)5)20-15-10-8-9-14-19-29-23-31(29)38(55)50-44(59,60)51(6)7/h11-14,16-17,19,22,27-33,35H,8-10,15,18,20-21,23-26H2,1-7H3,(H2,45,54)(H,48,58)(H2,46,47,57)(H2,50,55,59,60)/b19-14-/t28?,29-,30-,31+,32?,33+,35+/m1/s1. The summed E-state index contributed by atoms with van der Waals surface area (Å²) >= 11 is -4.65. The maximum absolute atomic E-state index is 14.3. The Morgan fingerprint density at radius 2 is 1.84 bits per heavy atom. The Kier molecular flexibility index (Phi) is 16.5. The molecule has 62 heavy (non-hydrogen) atoms. The van der Waals surface area contributed by atoms with E-state index in [0.717, 1.165) is 34.5 Å². The molecule has 0 radical (unpaired) electrons. The van der Waals surface area contributed by atoms with Gasteiger partial charge in [0.05, 0.1) is 24.0 Å². The van der Waals surface area contributed by atoms with E-state index in [1.807, 2.05) is 54.9 Å². The fourth-order valence-electron chi connectivity index (χ4n) is 7.73. The smallest absolute Gasteiger partial charge is 0.408 e. The van der Waals surface area contributed by atoms with Crippen LogP contribution in [0.15, 0.2) is 42.5 Å². The number of rotatable bonds is 19. The van der Waals surface area contributed by atoms with Crippen molar-refractivity contribution in [2.75, 3.05) is 27.2 Å². The second-order valence-corrected chi connectivity index (χ2v) is 22.9. The van der Waals surface area contributed by atoms with Gasteiger partial charge < -0.3 is 36.1 Å². The van der Waals surface area contributed by atoms with E-state index in [9.17, 15) is 30.5 Å². The fraction of sp³-hybridized carbons (Fsp3) is 0.628. The van der Waals surface area contributed by atoms with E-state index in [0.29, 0.717) is 37.5 Å². The van der Waals surface area contributed by atoms with Crippen molar-refractivity contribution in [3.05, 3.63) is 53.9 Å². The number of hydrogen-bond acceptors (Lipinski definition) is 9. The molecule has 18 nitrogen and oxygen atoms in total. The van der Waals surface area contributed by atoms with E-state index < -0.39 is 73.0 Å². The number of unbranched alkanes of at least 4 members (excludes halogenated alkanes) is 3. The summed E-state index contributed by atoms with van der Waals surface area (Å²) in [6.07, 6.45) is 19.8. The molecule has 7 N–H and O–H groups in total. The number of likely N-dealkylation sites (tertiary alicyclic amines) is 1. The van der Waals surface area contributed by atoms with Crippen molar-refractivity contribution < 1.29 is 40.0 Å². The van der Waals surface area contributed by atoms with Gasteiger partial charge in [-0.2, -0.15) is 4.98 Å². The number of nitrogens with one attached hydrogen (secondary N) is 4. The number of carbonyl (C=O) groups excluding carboxylic acids is 5. The van der Waals surface area contributed by atoms with Crippen molar-refractivity contribution in [1.82, 2.24) is 37.0 Å². The normalized spacial score (nSPS) is 24.9. The van der Waals surface area contributed by atoms with Crippen LogP contribution in [0.2, 0.25) is 0 Å². The first-order chi connectivity index (χ1) is 29.2. The number of alkyl carbamates (subject to hydrolysis) is 1. The molecule has 2 fully saturated rings. The Hall–Kier alpha value is -4.63. The van der Waals surface area contributed by atoms with Crippen LogP contribution in [-0.2, 0) is 22.2 Å². The van der Waals surface area contributed by atoms with Gasteiger partial charge >= 0.3 is 138 Å². The number of nitrogens with two attached hydrogens (primary N) is 1. The third-order valence-corrected chi connectivity index (χ3v) is 14.9. The summed E-state index contributed by atoms with van der Waals surface area (Å²) in [6, 6.07) is -2.48. The Morgan fingerprint density at radius 1 is 1.08 bits per heavy atom. The van der Waals surface area contributed by atoms with Gasteiger partial charge in [-0.25, -0.2) is 9.59 Å². The summed E-state index contributed by atoms with van der Waals surface area (Å²) in [6.45, 7) is 9.70. The largest absolute Gasteiger partial charge is 0.444 e. The summed E-state index contributed by atoms with van der Waals surface area (Å²) in [7, 11) is 2.91. The van der Waals surface area contributed by atoms with E-state index >= 15 is 0 Å². The second-order valence-electron chi connectivity index (χ2n) is 17.8. The number of fused-ring (bicyclic) bond motifs is 1. The molecule has 4 aliphatic rings. The molecule has 1 aliphatic heterocycles. The first kappa shape index (κ1) is 48.4. The molecule has 0 spiro atoms. The molecule has 8 atom stereocenters. The molecule has 3 aliphatic carbocycles. The average molecular weight is 980 g/mol. The van der Waals surface area contributed by atoms with Crippen molar-refractivity contribution in [3.8, 4) is 6.01 Å². The number of aromatic nitrogens is 2.